The zero-order valence-corrected chi connectivity index (χ0v) is 22.0. The van der Waals surface area contributed by atoms with Gasteiger partial charge in [0, 0.05) is 32.7 Å². The summed E-state index contributed by atoms with van der Waals surface area (Å²) in [6, 6.07) is 20.0. The van der Waals surface area contributed by atoms with Gasteiger partial charge < -0.3 is 0 Å². The summed E-state index contributed by atoms with van der Waals surface area (Å²) in [6.07, 6.45) is 0. The quantitative estimate of drug-likeness (QED) is 0.370. The first-order chi connectivity index (χ1) is 11.6. The summed E-state index contributed by atoms with van der Waals surface area (Å²) in [7, 11) is 0. The molecule has 2 rings (SSSR count). The van der Waals surface area contributed by atoms with Crippen molar-refractivity contribution in [2.24, 2.45) is 0 Å². The Labute approximate surface area is 190 Å². The van der Waals surface area contributed by atoms with Gasteiger partial charge >= 0.3 is 0 Å². The summed E-state index contributed by atoms with van der Waals surface area (Å²) in [5.41, 5.74) is 4.56. The fraction of sp³-hybridized carbons (Fsp3) is 0.520. The third-order valence-electron chi connectivity index (χ3n) is 3.45. The van der Waals surface area contributed by atoms with Gasteiger partial charge in [-0.3, -0.25) is 0 Å². The van der Waals surface area contributed by atoms with Crippen LogP contribution in [0.1, 0.15) is 85.9 Å². The molecule has 1 radical (unpaired) electrons. The second-order valence-electron chi connectivity index (χ2n) is 7.63. The van der Waals surface area contributed by atoms with Gasteiger partial charge in [-0.25, -0.2) is 0 Å². The number of hydrogen-bond acceptors (Lipinski definition) is 0. The van der Waals surface area contributed by atoms with Crippen LogP contribution in [-0.4, -0.2) is 0 Å². The van der Waals surface area contributed by atoms with Crippen LogP contribution in [0.2, 0.25) is 0 Å². The molecule has 145 valence electrons. The maximum Gasteiger partial charge on any atom is 0 e. The summed E-state index contributed by atoms with van der Waals surface area (Å²) in [4.78, 5) is 0. The molecule has 0 fully saturated rings. The first-order valence-electron chi connectivity index (χ1n) is 9.65. The van der Waals surface area contributed by atoms with Gasteiger partial charge in [-0.05, 0) is 16.4 Å². The Balaban J connectivity index is -0.000000332. The van der Waals surface area contributed by atoms with Crippen molar-refractivity contribution in [1.82, 2.24) is 0 Å². The molecule has 2 aromatic carbocycles. The molecule has 0 aliphatic heterocycles. The van der Waals surface area contributed by atoms with E-state index < -0.39 is 0 Å². The van der Waals surface area contributed by atoms with Crippen LogP contribution in [0, 0.1) is 13.0 Å². The van der Waals surface area contributed by atoms with Gasteiger partial charge in [-0.1, -0.05) is 106 Å². The number of benzene rings is 2. The molecule has 0 heterocycles. The second-order valence-corrected chi connectivity index (χ2v) is 7.63. The van der Waals surface area contributed by atoms with Gasteiger partial charge in [0.15, 0.2) is 0 Å². The van der Waals surface area contributed by atoms with E-state index in [2.05, 4.69) is 97.0 Å². The first-order valence-corrected chi connectivity index (χ1v) is 9.65. The summed E-state index contributed by atoms with van der Waals surface area (Å²) in [6.45, 7) is 23.4. The maximum atomic E-state index is 3.14. The van der Waals surface area contributed by atoms with Gasteiger partial charge in [0.1, 0.15) is 0 Å². The monoisotopic (exact) mass is 430 g/mol. The minimum Gasteiger partial charge on any atom is -0.181 e. The van der Waals surface area contributed by atoms with Crippen molar-refractivity contribution in [3.8, 4) is 0 Å². The zero-order valence-electron chi connectivity index (χ0n) is 19.2. The van der Waals surface area contributed by atoms with Crippen molar-refractivity contribution in [2.75, 3.05) is 0 Å². The van der Waals surface area contributed by atoms with Crippen molar-refractivity contribution in [3.63, 3.8) is 0 Å². The minimum absolute atomic E-state index is 0. The summed E-state index contributed by atoms with van der Waals surface area (Å²) >= 11 is 0. The molecule has 0 amide bonds. The number of hydrogen-bond donors (Lipinski definition) is 0. The number of aryl methyl sites for hydroxylation is 1. The third-order valence-corrected chi connectivity index (χ3v) is 3.45. The Morgan fingerprint density at radius 1 is 0.654 bits per heavy atom. The Bertz CT molecular complexity index is 542. The molecule has 0 atom stereocenters. The predicted molar refractivity (Wildman–Crippen MR) is 117 cm³/mol. The molecular formula is C25H41Y-. The molecule has 2 aromatic rings. The molecule has 1 heteroatoms. The molecule has 0 aliphatic rings. The average molecular weight is 431 g/mol. The fourth-order valence-corrected chi connectivity index (χ4v) is 1.99. The Morgan fingerprint density at radius 3 is 1.35 bits per heavy atom. The van der Waals surface area contributed by atoms with E-state index in [9.17, 15) is 0 Å². The fourth-order valence-electron chi connectivity index (χ4n) is 1.99. The van der Waals surface area contributed by atoms with E-state index in [1.807, 2.05) is 33.8 Å². The molecule has 0 saturated heterocycles. The molecule has 0 bridgehead atoms. The van der Waals surface area contributed by atoms with Gasteiger partial charge in [-0.15, -0.1) is 0 Å². The van der Waals surface area contributed by atoms with E-state index in [0.717, 1.165) is 0 Å². The van der Waals surface area contributed by atoms with Crippen LogP contribution in [-0.2, 0) is 43.5 Å². The Hall–Kier alpha value is -0.456. The summed E-state index contributed by atoms with van der Waals surface area (Å²) in [5, 5.41) is 0. The van der Waals surface area contributed by atoms with E-state index in [1.54, 1.807) is 0 Å². The van der Waals surface area contributed by atoms with E-state index in [4.69, 9.17) is 0 Å². The van der Waals surface area contributed by atoms with Crippen LogP contribution in [0.4, 0.5) is 0 Å². The normalized spacial score (nSPS) is 9.81. The second kappa shape index (κ2) is 15.6. The van der Waals surface area contributed by atoms with Gasteiger partial charge in [-0.2, -0.15) is 35.4 Å². The van der Waals surface area contributed by atoms with Crippen LogP contribution < -0.4 is 0 Å². The van der Waals surface area contributed by atoms with Gasteiger partial charge in [0.05, 0.1) is 0 Å². The molecule has 26 heavy (non-hydrogen) atoms. The van der Waals surface area contributed by atoms with Crippen molar-refractivity contribution < 1.29 is 32.7 Å². The predicted octanol–water partition coefficient (Wildman–Crippen LogP) is 8.13. The van der Waals surface area contributed by atoms with Crippen molar-refractivity contribution in [3.05, 3.63) is 71.3 Å². The van der Waals surface area contributed by atoms with Gasteiger partial charge in [0.2, 0.25) is 0 Å². The summed E-state index contributed by atoms with van der Waals surface area (Å²) < 4.78 is 0. The zero-order chi connectivity index (χ0) is 20.1. The molecule has 0 aliphatic carbocycles. The molecule has 0 nitrogen and oxygen atoms in total. The summed E-state index contributed by atoms with van der Waals surface area (Å²) in [5.74, 6) is 0. The number of rotatable bonds is 0. The van der Waals surface area contributed by atoms with Crippen molar-refractivity contribution in [2.45, 2.75) is 87.0 Å². The van der Waals surface area contributed by atoms with E-state index in [0.29, 0.717) is 5.41 Å². The van der Waals surface area contributed by atoms with Crippen LogP contribution in [0.15, 0.2) is 48.5 Å². The molecule has 0 unspecified atom stereocenters. The minimum atomic E-state index is 0. The molecular weight excluding hydrogens is 389 g/mol. The molecule has 0 N–H and O–H groups in total. The van der Waals surface area contributed by atoms with E-state index in [1.165, 1.54) is 16.7 Å². The Morgan fingerprint density at radius 2 is 1.08 bits per heavy atom. The van der Waals surface area contributed by atoms with Crippen molar-refractivity contribution >= 4 is 0 Å². The maximum absolute atomic E-state index is 3.14. The third kappa shape index (κ3) is 13.7. The van der Waals surface area contributed by atoms with Crippen LogP contribution in [0.5, 0.6) is 0 Å². The van der Waals surface area contributed by atoms with E-state index >= 15 is 0 Å². The first kappa shape index (κ1) is 30.3. The SMILES string of the molecule is CC.CC.CC(C)(C)c1ccccc1.Cc1[c-]ccc(C(C)(C)C)c1.[Y]. The molecule has 0 saturated carbocycles. The van der Waals surface area contributed by atoms with Gasteiger partial charge in [0.25, 0.3) is 0 Å². The average Bonchev–Trinajstić information content (AvgIpc) is 2.58. The topological polar surface area (TPSA) is 0 Å². The van der Waals surface area contributed by atoms with Crippen molar-refractivity contribution in [1.29, 1.82) is 0 Å². The standard InChI is InChI=1S/C11H15.C10H14.2C2H6.Y/c1-9-6-5-7-10(8-9)11(2,3)4;1-10(2,3)9-7-5-4-6-8-9;2*1-2;/h5,7-8H,1-4H3;4-8H,1-3H3;2*1-2H3;/q-1;;;;. The smallest absolute Gasteiger partial charge is 0 e. The molecule has 0 spiro atoms. The molecule has 0 aromatic heterocycles. The van der Waals surface area contributed by atoms with E-state index in [-0.39, 0.29) is 38.1 Å². The van der Waals surface area contributed by atoms with Crippen LogP contribution >= 0.6 is 0 Å². The largest absolute Gasteiger partial charge is 0.181 e. The van der Waals surface area contributed by atoms with Crippen LogP contribution in [0.25, 0.3) is 0 Å². The van der Waals surface area contributed by atoms with Crippen LogP contribution in [0.3, 0.4) is 0 Å². The Kier molecular flexibility index (Phi) is 18.2.